The lowest BCUT2D eigenvalue weighted by molar-refractivity contribution is 0.374. The van der Waals surface area contributed by atoms with Crippen LogP contribution in [-0.4, -0.2) is 7.11 Å². The van der Waals surface area contributed by atoms with E-state index in [9.17, 15) is 0 Å². The molecule has 1 fully saturated rings. The Morgan fingerprint density at radius 2 is 1.74 bits per heavy atom. The molecule has 1 aliphatic carbocycles. The number of ether oxygens (including phenoxy) is 1. The number of hydrogen-bond acceptors (Lipinski definition) is 1. The van der Waals surface area contributed by atoms with Gasteiger partial charge in [-0.2, -0.15) is 0 Å². The van der Waals surface area contributed by atoms with Crippen LogP contribution in [0.4, 0.5) is 0 Å². The van der Waals surface area contributed by atoms with Crippen molar-refractivity contribution in [1.29, 1.82) is 0 Å². The summed E-state index contributed by atoms with van der Waals surface area (Å²) in [6.07, 6.45) is 9.69. The summed E-state index contributed by atoms with van der Waals surface area (Å²) in [6, 6.07) is 6.43. The normalized spacial score (nSPS) is 19.5. The molecule has 0 N–H and O–H groups in total. The average Bonchev–Trinajstić information content (AvgIpc) is 2.37. The molecule has 1 unspecified atom stereocenters. The third kappa shape index (κ3) is 4.22. The monoisotopic (exact) mass is 388 g/mol. The molecule has 0 heterocycles. The summed E-state index contributed by atoms with van der Waals surface area (Å²) in [4.78, 5) is 0.466. The number of benzene rings is 1. The van der Waals surface area contributed by atoms with Gasteiger partial charge < -0.3 is 4.74 Å². The van der Waals surface area contributed by atoms with E-state index in [4.69, 9.17) is 4.74 Å². The van der Waals surface area contributed by atoms with E-state index in [1.807, 2.05) is 0 Å². The van der Waals surface area contributed by atoms with E-state index >= 15 is 0 Å². The molecule has 0 aromatic heterocycles. The number of alkyl halides is 1. The Morgan fingerprint density at radius 1 is 1.11 bits per heavy atom. The number of hydrogen-bond donors (Lipinski definition) is 0. The SMILES string of the molecule is COc1ccc(C(Br)C2CCCCCCC2)cc1Br. The average molecular weight is 390 g/mol. The van der Waals surface area contributed by atoms with Crippen LogP contribution in [0.3, 0.4) is 0 Å². The first-order valence-electron chi connectivity index (χ1n) is 7.20. The first-order valence-corrected chi connectivity index (χ1v) is 8.90. The molecule has 0 saturated heterocycles. The second-order valence-electron chi connectivity index (χ2n) is 5.40. The highest BCUT2D eigenvalue weighted by molar-refractivity contribution is 9.10. The molecule has 1 aromatic rings. The lowest BCUT2D eigenvalue weighted by atomic mass is 9.86. The Bertz CT molecular complexity index is 398. The van der Waals surface area contributed by atoms with E-state index in [-0.39, 0.29) is 0 Å². The standard InChI is InChI=1S/C16H22Br2O/c1-19-15-10-9-13(11-14(15)17)16(18)12-7-5-3-2-4-6-8-12/h9-12,16H,2-8H2,1H3. The van der Waals surface area contributed by atoms with Gasteiger partial charge in [0.2, 0.25) is 0 Å². The molecule has 19 heavy (non-hydrogen) atoms. The summed E-state index contributed by atoms with van der Waals surface area (Å²) >= 11 is 7.51. The van der Waals surface area contributed by atoms with Crippen LogP contribution in [0.25, 0.3) is 0 Å². The molecule has 0 amide bonds. The van der Waals surface area contributed by atoms with E-state index in [1.54, 1.807) is 7.11 Å². The highest BCUT2D eigenvalue weighted by atomic mass is 79.9. The summed E-state index contributed by atoms with van der Waals surface area (Å²) in [5.74, 6) is 1.67. The Kier molecular flexibility index (Phi) is 6.21. The first-order chi connectivity index (χ1) is 9.22. The Balaban J connectivity index is 2.08. The molecule has 2 rings (SSSR count). The van der Waals surface area contributed by atoms with Crippen LogP contribution < -0.4 is 4.74 Å². The fourth-order valence-electron chi connectivity index (χ4n) is 2.91. The Hall–Kier alpha value is -0.0200. The molecular weight excluding hydrogens is 368 g/mol. The maximum atomic E-state index is 5.30. The quantitative estimate of drug-likeness (QED) is 0.554. The minimum Gasteiger partial charge on any atom is -0.496 e. The summed E-state index contributed by atoms with van der Waals surface area (Å²) in [7, 11) is 1.71. The van der Waals surface area contributed by atoms with Gasteiger partial charge in [0.15, 0.2) is 0 Å². The number of halogens is 2. The molecule has 106 valence electrons. The lowest BCUT2D eigenvalue weighted by Crippen LogP contribution is -2.10. The van der Waals surface area contributed by atoms with Crippen LogP contribution in [0.15, 0.2) is 22.7 Å². The Labute approximate surface area is 133 Å². The molecular formula is C16H22Br2O. The molecule has 0 aliphatic heterocycles. The second-order valence-corrected chi connectivity index (χ2v) is 7.24. The molecule has 1 atom stereocenters. The van der Waals surface area contributed by atoms with Crippen molar-refractivity contribution < 1.29 is 4.74 Å². The van der Waals surface area contributed by atoms with Crippen molar-refractivity contribution in [2.75, 3.05) is 7.11 Å². The third-order valence-corrected chi connectivity index (χ3v) is 5.95. The van der Waals surface area contributed by atoms with Gasteiger partial charge in [0, 0.05) is 4.83 Å². The summed E-state index contributed by atoms with van der Waals surface area (Å²) in [6.45, 7) is 0. The third-order valence-electron chi connectivity index (χ3n) is 4.06. The highest BCUT2D eigenvalue weighted by Crippen LogP contribution is 2.40. The van der Waals surface area contributed by atoms with E-state index in [1.165, 1.54) is 50.5 Å². The predicted octanol–water partition coefficient (Wildman–Crippen LogP) is 6.25. The van der Waals surface area contributed by atoms with Gasteiger partial charge in [-0.1, -0.05) is 54.1 Å². The fourth-order valence-corrected chi connectivity index (χ4v) is 4.28. The largest absolute Gasteiger partial charge is 0.496 e. The van der Waals surface area contributed by atoms with Gasteiger partial charge in [0.25, 0.3) is 0 Å². The van der Waals surface area contributed by atoms with Gasteiger partial charge in [-0.25, -0.2) is 0 Å². The molecule has 1 aromatic carbocycles. The minimum absolute atomic E-state index is 0.466. The summed E-state index contributed by atoms with van der Waals surface area (Å²) in [5.41, 5.74) is 1.36. The van der Waals surface area contributed by atoms with Crippen molar-refractivity contribution in [2.24, 2.45) is 5.92 Å². The molecule has 1 saturated carbocycles. The van der Waals surface area contributed by atoms with Crippen LogP contribution in [0.2, 0.25) is 0 Å². The zero-order valence-corrected chi connectivity index (χ0v) is 14.7. The van der Waals surface area contributed by atoms with Crippen LogP contribution in [0.5, 0.6) is 5.75 Å². The highest BCUT2D eigenvalue weighted by Gasteiger charge is 2.21. The van der Waals surface area contributed by atoms with Gasteiger partial charge in [-0.05, 0) is 52.4 Å². The zero-order valence-electron chi connectivity index (χ0n) is 11.5. The minimum atomic E-state index is 0.466. The van der Waals surface area contributed by atoms with Gasteiger partial charge in [0.05, 0.1) is 11.6 Å². The number of methoxy groups -OCH3 is 1. The molecule has 3 heteroatoms. The van der Waals surface area contributed by atoms with Crippen LogP contribution in [0, 0.1) is 5.92 Å². The van der Waals surface area contributed by atoms with E-state index in [0.29, 0.717) is 4.83 Å². The second kappa shape index (κ2) is 7.68. The number of rotatable bonds is 3. The van der Waals surface area contributed by atoms with Crippen LogP contribution in [0.1, 0.15) is 55.3 Å². The van der Waals surface area contributed by atoms with Gasteiger partial charge >= 0.3 is 0 Å². The molecule has 1 aliphatic rings. The first kappa shape index (κ1) is 15.4. The summed E-state index contributed by atoms with van der Waals surface area (Å²) < 4.78 is 6.34. The molecule has 0 radical (unpaired) electrons. The lowest BCUT2D eigenvalue weighted by Gasteiger charge is -2.25. The zero-order chi connectivity index (χ0) is 13.7. The van der Waals surface area contributed by atoms with E-state index < -0.39 is 0 Å². The predicted molar refractivity (Wildman–Crippen MR) is 88.2 cm³/mol. The van der Waals surface area contributed by atoms with Crippen molar-refractivity contribution in [3.05, 3.63) is 28.2 Å². The summed E-state index contributed by atoms with van der Waals surface area (Å²) in [5, 5.41) is 0. The van der Waals surface area contributed by atoms with Gasteiger partial charge in [-0.3, -0.25) is 0 Å². The maximum Gasteiger partial charge on any atom is 0.133 e. The topological polar surface area (TPSA) is 9.23 Å². The van der Waals surface area contributed by atoms with Crippen LogP contribution in [-0.2, 0) is 0 Å². The smallest absolute Gasteiger partial charge is 0.133 e. The molecule has 1 nitrogen and oxygen atoms in total. The Morgan fingerprint density at radius 3 is 2.32 bits per heavy atom. The molecule has 0 bridgehead atoms. The fraction of sp³-hybridized carbons (Fsp3) is 0.625. The van der Waals surface area contributed by atoms with Gasteiger partial charge in [0.1, 0.15) is 5.75 Å². The molecule has 0 spiro atoms. The van der Waals surface area contributed by atoms with Crippen molar-refractivity contribution in [3.63, 3.8) is 0 Å². The van der Waals surface area contributed by atoms with Gasteiger partial charge in [-0.15, -0.1) is 0 Å². The van der Waals surface area contributed by atoms with Crippen molar-refractivity contribution in [2.45, 2.75) is 49.8 Å². The van der Waals surface area contributed by atoms with Crippen molar-refractivity contribution in [1.82, 2.24) is 0 Å². The van der Waals surface area contributed by atoms with Crippen LogP contribution >= 0.6 is 31.9 Å². The van der Waals surface area contributed by atoms with E-state index in [2.05, 4.69) is 50.1 Å². The van der Waals surface area contributed by atoms with Crippen molar-refractivity contribution >= 4 is 31.9 Å². The maximum absolute atomic E-state index is 5.30. The van der Waals surface area contributed by atoms with Crippen molar-refractivity contribution in [3.8, 4) is 5.75 Å². The van der Waals surface area contributed by atoms with E-state index in [0.717, 1.165) is 16.1 Å².